The lowest BCUT2D eigenvalue weighted by atomic mass is 10.1. The van der Waals surface area contributed by atoms with Crippen molar-refractivity contribution in [3.8, 4) is 0 Å². The number of hydrogen-bond acceptors (Lipinski definition) is 3. The molecule has 3 amide bonds. The fraction of sp³-hybridized carbons (Fsp3) is 0.471. The van der Waals surface area contributed by atoms with E-state index in [1.807, 2.05) is 0 Å². The third-order valence-electron chi connectivity index (χ3n) is 4.20. The van der Waals surface area contributed by atoms with Crippen molar-refractivity contribution in [2.75, 3.05) is 20.1 Å². The van der Waals surface area contributed by atoms with Crippen molar-refractivity contribution in [2.24, 2.45) is 0 Å². The van der Waals surface area contributed by atoms with E-state index in [1.54, 1.807) is 12.1 Å². The molecule has 1 saturated heterocycles. The summed E-state index contributed by atoms with van der Waals surface area (Å²) >= 11 is 3.18. The molecule has 0 bridgehead atoms. The average Bonchev–Trinajstić information content (AvgIpc) is 3.08. The zero-order valence-corrected chi connectivity index (χ0v) is 15.6. The van der Waals surface area contributed by atoms with E-state index in [9.17, 15) is 18.8 Å². The van der Waals surface area contributed by atoms with Gasteiger partial charge in [0.25, 0.3) is 0 Å². The van der Waals surface area contributed by atoms with Gasteiger partial charge < -0.3 is 15.5 Å². The molecular formula is C17H21BrFN3O3. The van der Waals surface area contributed by atoms with E-state index in [4.69, 9.17) is 0 Å². The molecule has 0 aliphatic carbocycles. The molecule has 1 fully saturated rings. The Morgan fingerprint density at radius 3 is 2.80 bits per heavy atom. The monoisotopic (exact) mass is 413 g/mol. The standard InChI is InChI=1S/C17H21BrFN3O3/c1-20-17(25)14-3-2-8-22(14)16(24)10-21-15(23)7-5-11-4-6-12(18)9-13(11)19/h4,6,9,14H,2-3,5,7-8,10H2,1H3,(H,20,25)(H,21,23). The Bertz CT molecular complexity index is 669. The maximum Gasteiger partial charge on any atom is 0.242 e. The van der Waals surface area contributed by atoms with Crippen molar-refractivity contribution in [3.63, 3.8) is 0 Å². The smallest absolute Gasteiger partial charge is 0.242 e. The van der Waals surface area contributed by atoms with Gasteiger partial charge in [-0.05, 0) is 37.0 Å². The summed E-state index contributed by atoms with van der Waals surface area (Å²) in [6.07, 6.45) is 1.73. The molecule has 6 nitrogen and oxygen atoms in total. The van der Waals surface area contributed by atoms with Crippen molar-refractivity contribution in [1.82, 2.24) is 15.5 Å². The lowest BCUT2D eigenvalue weighted by Gasteiger charge is -2.23. The van der Waals surface area contributed by atoms with Crippen LogP contribution < -0.4 is 10.6 Å². The Kier molecular flexibility index (Phi) is 6.92. The Labute approximate surface area is 154 Å². The average molecular weight is 414 g/mol. The van der Waals surface area contributed by atoms with Crippen LogP contribution in [0.5, 0.6) is 0 Å². The van der Waals surface area contributed by atoms with Gasteiger partial charge in [0.2, 0.25) is 17.7 Å². The fourth-order valence-electron chi connectivity index (χ4n) is 2.84. The van der Waals surface area contributed by atoms with Gasteiger partial charge in [0.15, 0.2) is 0 Å². The maximum atomic E-state index is 13.7. The normalized spacial score (nSPS) is 16.6. The number of hydrogen-bond donors (Lipinski definition) is 2. The minimum atomic E-state index is -0.466. The Morgan fingerprint density at radius 1 is 1.36 bits per heavy atom. The van der Waals surface area contributed by atoms with E-state index in [1.165, 1.54) is 18.0 Å². The first-order valence-corrected chi connectivity index (χ1v) is 8.93. The molecule has 2 rings (SSSR count). The van der Waals surface area contributed by atoms with Gasteiger partial charge in [-0.2, -0.15) is 0 Å². The molecule has 1 heterocycles. The minimum Gasteiger partial charge on any atom is -0.357 e. The van der Waals surface area contributed by atoms with Crippen molar-refractivity contribution in [1.29, 1.82) is 0 Å². The van der Waals surface area contributed by atoms with Crippen LogP contribution >= 0.6 is 15.9 Å². The Hall–Kier alpha value is -1.96. The van der Waals surface area contributed by atoms with Crippen LogP contribution in [0.25, 0.3) is 0 Å². The number of carbonyl (C=O) groups is 3. The second kappa shape index (κ2) is 8.94. The number of benzene rings is 1. The van der Waals surface area contributed by atoms with E-state index < -0.39 is 6.04 Å². The third kappa shape index (κ3) is 5.26. The molecule has 0 saturated carbocycles. The lowest BCUT2D eigenvalue weighted by Crippen LogP contribution is -2.48. The number of rotatable bonds is 6. The zero-order valence-electron chi connectivity index (χ0n) is 14.0. The molecule has 8 heteroatoms. The van der Waals surface area contributed by atoms with Crippen LogP contribution in [-0.4, -0.2) is 48.8 Å². The summed E-state index contributed by atoms with van der Waals surface area (Å²) in [5.41, 5.74) is 0.448. The highest BCUT2D eigenvalue weighted by Gasteiger charge is 2.33. The molecule has 1 aromatic rings. The molecule has 1 aliphatic heterocycles. The van der Waals surface area contributed by atoms with Gasteiger partial charge in [-0.1, -0.05) is 22.0 Å². The summed E-state index contributed by atoms with van der Waals surface area (Å²) in [4.78, 5) is 37.3. The van der Waals surface area contributed by atoms with Crippen LogP contribution in [0.2, 0.25) is 0 Å². The van der Waals surface area contributed by atoms with E-state index in [-0.39, 0.29) is 42.9 Å². The van der Waals surface area contributed by atoms with Gasteiger partial charge in [0, 0.05) is 24.5 Å². The molecule has 0 radical (unpaired) electrons. The van der Waals surface area contributed by atoms with Crippen molar-refractivity contribution in [2.45, 2.75) is 31.7 Å². The molecular weight excluding hydrogens is 393 g/mol. The van der Waals surface area contributed by atoms with Crippen molar-refractivity contribution in [3.05, 3.63) is 34.1 Å². The van der Waals surface area contributed by atoms with Crippen molar-refractivity contribution >= 4 is 33.7 Å². The van der Waals surface area contributed by atoms with Crippen LogP contribution in [-0.2, 0) is 20.8 Å². The molecule has 1 unspecified atom stereocenters. The van der Waals surface area contributed by atoms with Gasteiger partial charge in [-0.15, -0.1) is 0 Å². The summed E-state index contributed by atoms with van der Waals surface area (Å²) in [7, 11) is 1.53. The predicted octanol–water partition coefficient (Wildman–Crippen LogP) is 1.37. The maximum absolute atomic E-state index is 13.7. The number of nitrogens with one attached hydrogen (secondary N) is 2. The third-order valence-corrected chi connectivity index (χ3v) is 4.69. The van der Waals surface area contributed by atoms with Crippen LogP contribution in [0.15, 0.2) is 22.7 Å². The summed E-state index contributed by atoms with van der Waals surface area (Å²) < 4.78 is 14.4. The number of likely N-dealkylation sites (N-methyl/N-ethyl adjacent to an activating group) is 1. The summed E-state index contributed by atoms with van der Waals surface area (Å²) in [5.74, 6) is -1.17. The molecule has 1 atom stereocenters. The molecule has 2 N–H and O–H groups in total. The number of halogens is 2. The lowest BCUT2D eigenvalue weighted by molar-refractivity contribution is -0.138. The molecule has 136 valence electrons. The fourth-order valence-corrected chi connectivity index (χ4v) is 3.17. The van der Waals surface area contributed by atoms with Crippen molar-refractivity contribution < 1.29 is 18.8 Å². The summed E-state index contributed by atoms with van der Waals surface area (Å²) in [5, 5.41) is 5.09. The van der Waals surface area contributed by atoms with Gasteiger partial charge in [-0.25, -0.2) is 4.39 Å². The highest BCUT2D eigenvalue weighted by molar-refractivity contribution is 9.10. The molecule has 0 aromatic heterocycles. The second-order valence-corrected chi connectivity index (χ2v) is 6.79. The van der Waals surface area contributed by atoms with Gasteiger partial charge in [0.05, 0.1) is 6.54 Å². The van der Waals surface area contributed by atoms with Crippen LogP contribution in [0.3, 0.4) is 0 Å². The number of nitrogens with zero attached hydrogens (tertiary/aromatic N) is 1. The first kappa shape index (κ1) is 19.4. The SMILES string of the molecule is CNC(=O)C1CCCN1C(=O)CNC(=O)CCc1ccc(Br)cc1F. The predicted molar refractivity (Wildman–Crippen MR) is 94.2 cm³/mol. The van der Waals surface area contributed by atoms with E-state index in [0.29, 0.717) is 23.0 Å². The molecule has 1 aromatic carbocycles. The first-order valence-electron chi connectivity index (χ1n) is 8.14. The van der Waals surface area contributed by atoms with Crippen LogP contribution in [0.1, 0.15) is 24.8 Å². The highest BCUT2D eigenvalue weighted by atomic mass is 79.9. The topological polar surface area (TPSA) is 78.5 Å². The van der Waals surface area contributed by atoms with Gasteiger partial charge in [0.1, 0.15) is 11.9 Å². The second-order valence-electron chi connectivity index (χ2n) is 5.87. The molecule has 0 spiro atoms. The minimum absolute atomic E-state index is 0.0880. The zero-order chi connectivity index (χ0) is 18.4. The van der Waals surface area contributed by atoms with E-state index in [0.717, 1.165) is 6.42 Å². The first-order chi connectivity index (χ1) is 11.9. The number of likely N-dealkylation sites (tertiary alicyclic amines) is 1. The van der Waals surface area contributed by atoms with Crippen LogP contribution in [0, 0.1) is 5.82 Å². The molecule has 25 heavy (non-hydrogen) atoms. The van der Waals surface area contributed by atoms with Gasteiger partial charge >= 0.3 is 0 Å². The summed E-state index contributed by atoms with van der Waals surface area (Å²) in [6, 6.07) is 4.22. The number of amides is 3. The largest absolute Gasteiger partial charge is 0.357 e. The number of carbonyl (C=O) groups excluding carboxylic acids is 3. The summed E-state index contributed by atoms with van der Waals surface area (Å²) in [6.45, 7) is 0.353. The highest BCUT2D eigenvalue weighted by Crippen LogP contribution is 2.18. The Morgan fingerprint density at radius 2 is 2.12 bits per heavy atom. The van der Waals surface area contributed by atoms with E-state index in [2.05, 4.69) is 26.6 Å². The van der Waals surface area contributed by atoms with Crippen LogP contribution in [0.4, 0.5) is 4.39 Å². The quantitative estimate of drug-likeness (QED) is 0.739. The Balaban J connectivity index is 1.79. The molecule has 1 aliphatic rings. The number of aryl methyl sites for hydroxylation is 1. The van der Waals surface area contributed by atoms with E-state index >= 15 is 0 Å². The van der Waals surface area contributed by atoms with Gasteiger partial charge in [-0.3, -0.25) is 14.4 Å².